The molecule has 1 N–H and O–H groups in total. The average Bonchev–Trinajstić information content (AvgIpc) is 2.46. The van der Waals surface area contributed by atoms with Gasteiger partial charge in [-0.25, -0.2) is 4.79 Å². The first-order chi connectivity index (χ1) is 9.55. The smallest absolute Gasteiger partial charge is 0.330 e. The van der Waals surface area contributed by atoms with Crippen molar-refractivity contribution in [3.8, 4) is 0 Å². The minimum atomic E-state index is -1.09. The zero-order valence-electron chi connectivity index (χ0n) is 12.1. The van der Waals surface area contributed by atoms with Gasteiger partial charge in [0.2, 0.25) is 11.8 Å². The quantitative estimate of drug-likeness (QED) is 0.789. The van der Waals surface area contributed by atoms with Crippen LogP contribution in [-0.4, -0.2) is 42.5 Å². The summed E-state index contributed by atoms with van der Waals surface area (Å²) in [6.45, 7) is 5.25. The van der Waals surface area contributed by atoms with E-state index < -0.39 is 17.4 Å². The van der Waals surface area contributed by atoms with Gasteiger partial charge in [0.15, 0.2) is 0 Å². The second-order valence-electron chi connectivity index (χ2n) is 5.55. The molecule has 0 spiro atoms. The molecule has 0 saturated carbocycles. The van der Waals surface area contributed by atoms with Crippen LogP contribution in [0.3, 0.4) is 0 Å². The summed E-state index contributed by atoms with van der Waals surface area (Å²) in [5.41, 5.74) is -1.09. The van der Waals surface area contributed by atoms with Crippen LogP contribution in [0.25, 0.3) is 0 Å². The van der Waals surface area contributed by atoms with Crippen molar-refractivity contribution in [3.63, 3.8) is 0 Å². The van der Waals surface area contributed by atoms with Crippen molar-refractivity contribution in [2.75, 3.05) is 19.8 Å². The molecule has 0 bridgehead atoms. The van der Waals surface area contributed by atoms with Gasteiger partial charge in [-0.1, -0.05) is 13.8 Å². The molecule has 2 rings (SSSR count). The molecule has 4 amide bonds. The van der Waals surface area contributed by atoms with Crippen LogP contribution in [0.1, 0.15) is 39.5 Å². The van der Waals surface area contributed by atoms with Gasteiger partial charge < -0.3 is 4.74 Å². The van der Waals surface area contributed by atoms with E-state index in [1.165, 1.54) is 4.90 Å². The van der Waals surface area contributed by atoms with Crippen LogP contribution < -0.4 is 5.32 Å². The molecule has 1 atom stereocenters. The van der Waals surface area contributed by atoms with Crippen LogP contribution in [-0.2, 0) is 14.3 Å². The number of hydrogen-bond donors (Lipinski definition) is 1. The molecule has 2 heterocycles. The van der Waals surface area contributed by atoms with E-state index in [1.807, 2.05) is 0 Å². The monoisotopic (exact) mass is 282 g/mol. The Morgan fingerprint density at radius 3 is 2.55 bits per heavy atom. The predicted molar refractivity (Wildman–Crippen MR) is 71.8 cm³/mol. The van der Waals surface area contributed by atoms with Crippen LogP contribution in [0, 0.1) is 11.3 Å². The third kappa shape index (κ3) is 2.44. The lowest BCUT2D eigenvalue weighted by atomic mass is 9.78. The van der Waals surface area contributed by atoms with E-state index in [2.05, 4.69) is 5.32 Å². The SMILES string of the molecule is CCC1(CC)C(=O)NC(=O)N(CC2CCCOC2)C1=O. The molecule has 2 aliphatic heterocycles. The number of carbonyl (C=O) groups is 3. The minimum Gasteiger partial charge on any atom is -0.381 e. The Balaban J connectivity index is 2.16. The first kappa shape index (κ1) is 15.0. The van der Waals surface area contributed by atoms with Crippen molar-refractivity contribution in [1.29, 1.82) is 0 Å². The maximum Gasteiger partial charge on any atom is 0.330 e. The first-order valence-electron chi connectivity index (χ1n) is 7.30. The fourth-order valence-corrected chi connectivity index (χ4v) is 2.98. The lowest BCUT2D eigenvalue weighted by Crippen LogP contribution is -2.64. The molecular formula is C14H22N2O4. The highest BCUT2D eigenvalue weighted by atomic mass is 16.5. The van der Waals surface area contributed by atoms with Crippen LogP contribution in [0.15, 0.2) is 0 Å². The highest BCUT2D eigenvalue weighted by molar-refractivity contribution is 6.19. The number of nitrogens with zero attached hydrogens (tertiary/aromatic N) is 1. The maximum absolute atomic E-state index is 12.6. The molecular weight excluding hydrogens is 260 g/mol. The van der Waals surface area contributed by atoms with Crippen molar-refractivity contribution in [2.45, 2.75) is 39.5 Å². The van der Waals surface area contributed by atoms with Gasteiger partial charge in [0.05, 0.1) is 6.61 Å². The normalized spacial score (nSPS) is 26.6. The Bertz CT molecular complexity index is 411. The fourth-order valence-electron chi connectivity index (χ4n) is 2.98. The Kier molecular flexibility index (Phi) is 4.42. The van der Waals surface area contributed by atoms with E-state index in [4.69, 9.17) is 4.74 Å². The number of imide groups is 2. The predicted octanol–water partition coefficient (Wildman–Crippen LogP) is 1.30. The molecule has 2 fully saturated rings. The van der Waals surface area contributed by atoms with Gasteiger partial charge in [-0.05, 0) is 25.7 Å². The number of nitrogens with one attached hydrogen (secondary N) is 1. The number of hydrogen-bond acceptors (Lipinski definition) is 4. The summed E-state index contributed by atoms with van der Waals surface area (Å²) in [4.78, 5) is 37.8. The van der Waals surface area contributed by atoms with Crippen molar-refractivity contribution in [1.82, 2.24) is 10.2 Å². The number of rotatable bonds is 4. The number of urea groups is 1. The van der Waals surface area contributed by atoms with E-state index in [0.717, 1.165) is 19.4 Å². The Labute approximate surface area is 118 Å². The molecule has 0 aromatic heterocycles. The van der Waals surface area contributed by atoms with Crippen molar-refractivity contribution >= 4 is 17.8 Å². The molecule has 0 radical (unpaired) electrons. The van der Waals surface area contributed by atoms with Crippen molar-refractivity contribution in [2.24, 2.45) is 11.3 Å². The van der Waals surface area contributed by atoms with E-state index in [9.17, 15) is 14.4 Å². The molecule has 1 unspecified atom stereocenters. The lowest BCUT2D eigenvalue weighted by Gasteiger charge is -2.39. The first-order valence-corrected chi connectivity index (χ1v) is 7.30. The van der Waals surface area contributed by atoms with Crippen LogP contribution >= 0.6 is 0 Å². The third-order valence-electron chi connectivity index (χ3n) is 4.46. The molecule has 0 aromatic carbocycles. The maximum atomic E-state index is 12.6. The minimum absolute atomic E-state index is 0.165. The fraction of sp³-hybridized carbons (Fsp3) is 0.786. The van der Waals surface area contributed by atoms with Gasteiger partial charge in [-0.2, -0.15) is 0 Å². The highest BCUT2D eigenvalue weighted by Gasteiger charge is 2.51. The summed E-state index contributed by atoms with van der Waals surface area (Å²) in [7, 11) is 0. The van der Waals surface area contributed by atoms with Crippen molar-refractivity contribution in [3.05, 3.63) is 0 Å². The van der Waals surface area contributed by atoms with Gasteiger partial charge >= 0.3 is 6.03 Å². The zero-order valence-corrected chi connectivity index (χ0v) is 12.1. The third-order valence-corrected chi connectivity index (χ3v) is 4.46. The van der Waals surface area contributed by atoms with Gasteiger partial charge in [-0.15, -0.1) is 0 Å². The molecule has 6 heteroatoms. The molecule has 112 valence electrons. The summed E-state index contributed by atoms with van der Waals surface area (Å²) in [5, 5.41) is 2.33. The van der Waals surface area contributed by atoms with E-state index in [1.54, 1.807) is 13.8 Å². The molecule has 20 heavy (non-hydrogen) atoms. The van der Waals surface area contributed by atoms with Gasteiger partial charge in [0.25, 0.3) is 0 Å². The van der Waals surface area contributed by atoms with E-state index >= 15 is 0 Å². The Morgan fingerprint density at radius 2 is 2.00 bits per heavy atom. The molecule has 2 saturated heterocycles. The highest BCUT2D eigenvalue weighted by Crippen LogP contribution is 2.33. The summed E-state index contributed by atoms with van der Waals surface area (Å²) in [5.74, 6) is -0.659. The molecule has 0 aliphatic carbocycles. The van der Waals surface area contributed by atoms with Gasteiger partial charge in [0.1, 0.15) is 5.41 Å². The molecule has 0 aromatic rings. The summed E-state index contributed by atoms with van der Waals surface area (Å²) in [6.07, 6.45) is 2.69. The number of carbonyl (C=O) groups excluding carboxylic acids is 3. The second-order valence-corrected chi connectivity index (χ2v) is 5.55. The van der Waals surface area contributed by atoms with Crippen LogP contribution in [0.4, 0.5) is 4.79 Å². The van der Waals surface area contributed by atoms with Crippen molar-refractivity contribution < 1.29 is 19.1 Å². The average molecular weight is 282 g/mol. The Morgan fingerprint density at radius 1 is 1.30 bits per heavy atom. The second kappa shape index (κ2) is 5.91. The van der Waals surface area contributed by atoms with Crippen LogP contribution in [0.2, 0.25) is 0 Å². The number of ether oxygens (including phenoxy) is 1. The Hall–Kier alpha value is -1.43. The molecule has 2 aliphatic rings. The van der Waals surface area contributed by atoms with E-state index in [-0.39, 0.29) is 11.8 Å². The van der Waals surface area contributed by atoms with E-state index in [0.29, 0.717) is 26.0 Å². The summed E-state index contributed by atoms with van der Waals surface area (Å²) >= 11 is 0. The lowest BCUT2D eigenvalue weighted by molar-refractivity contribution is -0.152. The van der Waals surface area contributed by atoms with Gasteiger partial charge in [-0.3, -0.25) is 19.8 Å². The summed E-state index contributed by atoms with van der Waals surface area (Å²) in [6, 6.07) is -0.594. The number of barbiturate groups is 1. The molecule has 6 nitrogen and oxygen atoms in total. The topological polar surface area (TPSA) is 75.7 Å². The standard InChI is InChI=1S/C14H22N2O4/c1-3-14(4-2)11(17)15-13(19)16(12(14)18)8-10-6-5-7-20-9-10/h10H,3-9H2,1-2H3,(H,15,17,19). The summed E-state index contributed by atoms with van der Waals surface area (Å²) < 4.78 is 5.38. The number of amides is 4. The largest absolute Gasteiger partial charge is 0.381 e. The zero-order chi connectivity index (χ0) is 14.8. The van der Waals surface area contributed by atoms with Gasteiger partial charge in [0, 0.05) is 19.1 Å². The van der Waals surface area contributed by atoms with Crippen LogP contribution in [0.5, 0.6) is 0 Å².